The quantitative estimate of drug-likeness (QED) is 0.613. The van der Waals surface area contributed by atoms with Crippen molar-refractivity contribution in [3.05, 3.63) is 11.6 Å². The van der Waals surface area contributed by atoms with E-state index in [0.29, 0.717) is 37.2 Å². The van der Waals surface area contributed by atoms with Crippen molar-refractivity contribution < 1.29 is 19.4 Å². The van der Waals surface area contributed by atoms with Gasteiger partial charge >= 0.3 is 5.97 Å². The average molecular weight is 268 g/mol. The largest absolute Gasteiger partial charge is 0.469 e. The third kappa shape index (κ3) is 4.16. The van der Waals surface area contributed by atoms with E-state index in [2.05, 4.69) is 4.74 Å². The van der Waals surface area contributed by atoms with E-state index >= 15 is 0 Å². The summed E-state index contributed by atoms with van der Waals surface area (Å²) in [6, 6.07) is 0. The third-order valence-corrected chi connectivity index (χ3v) is 3.87. The molecule has 1 N–H and O–H groups in total. The van der Waals surface area contributed by atoms with Crippen LogP contribution in [0.3, 0.4) is 0 Å². The minimum atomic E-state index is -1.02. The van der Waals surface area contributed by atoms with Crippen LogP contribution >= 0.6 is 0 Å². The number of carbonyl (C=O) groups is 2. The molecular formula is C15H24O4. The summed E-state index contributed by atoms with van der Waals surface area (Å²) < 4.78 is 4.64. The summed E-state index contributed by atoms with van der Waals surface area (Å²) in [6.07, 6.45) is 3.72. The summed E-state index contributed by atoms with van der Waals surface area (Å²) in [5.41, 5.74) is -0.508. The molecule has 0 bridgehead atoms. The highest BCUT2D eigenvalue weighted by Gasteiger charge is 2.38. The summed E-state index contributed by atoms with van der Waals surface area (Å²) in [4.78, 5) is 23.0. The maximum absolute atomic E-state index is 11.8. The molecule has 1 aliphatic carbocycles. The van der Waals surface area contributed by atoms with Crippen molar-refractivity contribution >= 4 is 11.8 Å². The molecule has 1 saturated carbocycles. The fraction of sp³-hybridized carbons (Fsp3) is 0.733. The highest BCUT2D eigenvalue weighted by Crippen LogP contribution is 2.34. The molecule has 0 aromatic rings. The number of esters is 1. The minimum Gasteiger partial charge on any atom is -0.469 e. The summed E-state index contributed by atoms with van der Waals surface area (Å²) in [6.45, 7) is 5.78. The molecule has 4 heteroatoms. The van der Waals surface area contributed by atoms with Crippen molar-refractivity contribution in [1.82, 2.24) is 0 Å². The molecule has 0 radical (unpaired) electrons. The monoisotopic (exact) mass is 268 g/mol. The van der Waals surface area contributed by atoms with E-state index in [1.54, 1.807) is 6.92 Å². The number of allylic oxidation sites excluding steroid dienone is 1. The van der Waals surface area contributed by atoms with Crippen LogP contribution in [0.4, 0.5) is 0 Å². The van der Waals surface area contributed by atoms with Crippen molar-refractivity contribution in [3.8, 4) is 0 Å². The first kappa shape index (κ1) is 15.9. The lowest BCUT2D eigenvalue weighted by molar-refractivity contribution is -0.140. The molecule has 0 spiro atoms. The van der Waals surface area contributed by atoms with Crippen LogP contribution in [0.5, 0.6) is 0 Å². The van der Waals surface area contributed by atoms with Gasteiger partial charge in [-0.3, -0.25) is 9.59 Å². The van der Waals surface area contributed by atoms with E-state index in [-0.39, 0.29) is 17.7 Å². The van der Waals surface area contributed by atoms with Gasteiger partial charge in [-0.05, 0) is 31.6 Å². The maximum atomic E-state index is 11.8. The minimum absolute atomic E-state index is 0.0220. The van der Waals surface area contributed by atoms with E-state index in [4.69, 9.17) is 0 Å². The van der Waals surface area contributed by atoms with Crippen LogP contribution in [-0.4, -0.2) is 29.6 Å². The van der Waals surface area contributed by atoms with Crippen molar-refractivity contribution in [3.63, 3.8) is 0 Å². The number of aliphatic hydroxyl groups is 1. The lowest BCUT2D eigenvalue weighted by Gasteiger charge is -2.22. The molecule has 19 heavy (non-hydrogen) atoms. The molecule has 2 atom stereocenters. The zero-order chi connectivity index (χ0) is 14.6. The first-order valence-electron chi connectivity index (χ1n) is 6.82. The number of ether oxygens (including phenoxy) is 1. The van der Waals surface area contributed by atoms with Gasteiger partial charge in [0.2, 0.25) is 0 Å². The Bertz CT molecular complexity index is 380. The van der Waals surface area contributed by atoms with Gasteiger partial charge in [0.05, 0.1) is 12.7 Å². The number of Topliss-reactive ketones (excluding diaryl/α,β-unsaturated/α-hetero) is 1. The highest BCUT2D eigenvalue weighted by atomic mass is 16.5. The number of rotatable bonds is 5. The van der Waals surface area contributed by atoms with E-state index < -0.39 is 5.60 Å². The predicted octanol–water partition coefficient (Wildman–Crippen LogP) is 2.25. The van der Waals surface area contributed by atoms with Crippen molar-refractivity contribution in [1.29, 1.82) is 0 Å². The van der Waals surface area contributed by atoms with Gasteiger partial charge in [0.25, 0.3) is 0 Å². The molecule has 4 nitrogen and oxygen atoms in total. The number of methoxy groups -OCH3 is 1. The van der Waals surface area contributed by atoms with Crippen LogP contribution in [-0.2, 0) is 14.3 Å². The SMILES string of the molecule is COC(=O)CC[C@H](C=C1C(=O)CC[C@]1(C)O)C(C)C. The van der Waals surface area contributed by atoms with Crippen molar-refractivity contribution in [2.75, 3.05) is 7.11 Å². The Morgan fingerprint density at radius 3 is 2.58 bits per heavy atom. The molecular weight excluding hydrogens is 244 g/mol. The van der Waals surface area contributed by atoms with Gasteiger partial charge < -0.3 is 9.84 Å². The van der Waals surface area contributed by atoms with Crippen LogP contribution in [0.15, 0.2) is 11.6 Å². The lowest BCUT2D eigenvalue weighted by atomic mass is 9.86. The van der Waals surface area contributed by atoms with Crippen LogP contribution in [0, 0.1) is 11.8 Å². The van der Waals surface area contributed by atoms with E-state index in [1.165, 1.54) is 7.11 Å². The van der Waals surface area contributed by atoms with Gasteiger partial charge in [0, 0.05) is 18.4 Å². The highest BCUT2D eigenvalue weighted by molar-refractivity contribution is 5.99. The van der Waals surface area contributed by atoms with Gasteiger partial charge in [-0.25, -0.2) is 0 Å². The first-order valence-corrected chi connectivity index (χ1v) is 6.82. The van der Waals surface area contributed by atoms with Crippen LogP contribution in [0.1, 0.15) is 46.5 Å². The average Bonchev–Trinajstić information content (AvgIpc) is 2.59. The van der Waals surface area contributed by atoms with E-state index in [9.17, 15) is 14.7 Å². The standard InChI is InChI=1S/C15H24O4/c1-10(2)11(5-6-14(17)19-4)9-12-13(16)7-8-15(12,3)18/h9-11,18H,5-8H2,1-4H3/t11-,15+/m1/s1. The molecule has 0 amide bonds. The topological polar surface area (TPSA) is 63.6 Å². The van der Waals surface area contributed by atoms with Gasteiger partial charge in [-0.2, -0.15) is 0 Å². The number of hydrogen-bond donors (Lipinski definition) is 1. The molecule has 0 saturated heterocycles. The van der Waals surface area contributed by atoms with Crippen molar-refractivity contribution in [2.45, 2.75) is 52.1 Å². The fourth-order valence-electron chi connectivity index (χ4n) is 2.41. The summed E-state index contributed by atoms with van der Waals surface area (Å²) in [5.74, 6) is 0.186. The second-order valence-electron chi connectivity index (χ2n) is 5.80. The zero-order valence-corrected chi connectivity index (χ0v) is 12.2. The zero-order valence-electron chi connectivity index (χ0n) is 12.2. The van der Waals surface area contributed by atoms with Crippen LogP contribution in [0.2, 0.25) is 0 Å². The maximum Gasteiger partial charge on any atom is 0.305 e. The number of ketones is 1. The van der Waals surface area contributed by atoms with Crippen molar-refractivity contribution in [2.24, 2.45) is 11.8 Å². The second-order valence-corrected chi connectivity index (χ2v) is 5.80. The Morgan fingerprint density at radius 1 is 1.53 bits per heavy atom. The molecule has 0 unspecified atom stereocenters. The molecule has 108 valence electrons. The third-order valence-electron chi connectivity index (χ3n) is 3.87. The van der Waals surface area contributed by atoms with Gasteiger partial charge in [0.1, 0.15) is 0 Å². The summed E-state index contributed by atoms with van der Waals surface area (Å²) >= 11 is 0. The molecule has 0 aromatic carbocycles. The summed E-state index contributed by atoms with van der Waals surface area (Å²) in [7, 11) is 1.37. The molecule has 1 fully saturated rings. The Kier molecular flexibility index (Phi) is 5.29. The molecule has 0 aliphatic heterocycles. The smallest absolute Gasteiger partial charge is 0.305 e. The van der Waals surface area contributed by atoms with Gasteiger partial charge in [-0.1, -0.05) is 19.9 Å². The van der Waals surface area contributed by atoms with Crippen LogP contribution in [0.25, 0.3) is 0 Å². The van der Waals surface area contributed by atoms with Crippen LogP contribution < -0.4 is 0 Å². The van der Waals surface area contributed by atoms with Gasteiger partial charge in [0.15, 0.2) is 5.78 Å². The van der Waals surface area contributed by atoms with Gasteiger partial charge in [-0.15, -0.1) is 0 Å². The first-order chi connectivity index (χ1) is 8.77. The lowest BCUT2D eigenvalue weighted by Crippen LogP contribution is -2.24. The second kappa shape index (κ2) is 6.33. The number of carbonyl (C=O) groups excluding carboxylic acids is 2. The summed E-state index contributed by atoms with van der Waals surface area (Å²) in [5, 5.41) is 10.2. The van der Waals surface area contributed by atoms with E-state index in [0.717, 1.165) is 0 Å². The Labute approximate surface area is 114 Å². The molecule has 1 rings (SSSR count). The Morgan fingerprint density at radius 2 is 2.16 bits per heavy atom. The Hall–Kier alpha value is -1.16. The molecule has 1 aliphatic rings. The molecule has 0 heterocycles. The fourth-order valence-corrected chi connectivity index (χ4v) is 2.41. The Balaban J connectivity index is 2.82. The number of hydrogen-bond acceptors (Lipinski definition) is 4. The van der Waals surface area contributed by atoms with E-state index in [1.807, 2.05) is 19.9 Å². The normalized spacial score (nSPS) is 27.1. The predicted molar refractivity (Wildman–Crippen MR) is 72.5 cm³/mol. The molecule has 0 aromatic heterocycles.